The van der Waals surface area contributed by atoms with Gasteiger partial charge in [0, 0.05) is 61.7 Å². The standard InChI is InChI=1S/C21H28N6O2/c1-13-10-21(29)27-19(22-13)11-18(24-27)16-6-5-9-26(12-16)20(28)8-7-17-14(2)23-25(4)15(17)3/h10-11,16,24H,5-9,12H2,1-4H3. The minimum absolute atomic E-state index is 0.107. The molecule has 3 aromatic rings. The Kier molecular flexibility index (Phi) is 5.02. The van der Waals surface area contributed by atoms with Gasteiger partial charge in [0.15, 0.2) is 5.65 Å². The average molecular weight is 396 g/mol. The van der Waals surface area contributed by atoms with Gasteiger partial charge in [0.25, 0.3) is 5.56 Å². The quantitative estimate of drug-likeness (QED) is 0.731. The lowest BCUT2D eigenvalue weighted by Gasteiger charge is -2.32. The monoisotopic (exact) mass is 396 g/mol. The van der Waals surface area contributed by atoms with E-state index in [1.165, 1.54) is 16.1 Å². The summed E-state index contributed by atoms with van der Waals surface area (Å²) in [5.41, 5.74) is 5.50. The zero-order valence-electron chi connectivity index (χ0n) is 17.5. The predicted molar refractivity (Wildman–Crippen MR) is 110 cm³/mol. The van der Waals surface area contributed by atoms with Crippen molar-refractivity contribution in [2.75, 3.05) is 13.1 Å². The lowest BCUT2D eigenvalue weighted by molar-refractivity contribution is -0.132. The molecule has 8 nitrogen and oxygen atoms in total. The van der Waals surface area contributed by atoms with Gasteiger partial charge in [0.2, 0.25) is 5.91 Å². The SMILES string of the molecule is Cc1cc(=O)n2[nH]c(C3CCCN(C(=O)CCc4c(C)nn(C)c4C)C3)cc2n1. The maximum atomic E-state index is 12.9. The molecule has 4 heterocycles. The maximum Gasteiger partial charge on any atom is 0.272 e. The Bertz CT molecular complexity index is 1120. The summed E-state index contributed by atoms with van der Waals surface area (Å²) in [5.74, 6) is 0.371. The Morgan fingerprint density at radius 3 is 2.79 bits per heavy atom. The van der Waals surface area contributed by atoms with Crippen LogP contribution >= 0.6 is 0 Å². The van der Waals surface area contributed by atoms with Crippen LogP contribution in [0.4, 0.5) is 0 Å². The van der Waals surface area contributed by atoms with E-state index in [9.17, 15) is 9.59 Å². The van der Waals surface area contributed by atoms with E-state index in [0.717, 1.165) is 42.9 Å². The third-order valence-corrected chi connectivity index (χ3v) is 6.06. The van der Waals surface area contributed by atoms with Crippen molar-refractivity contribution in [2.45, 2.75) is 52.4 Å². The van der Waals surface area contributed by atoms with Gasteiger partial charge in [-0.15, -0.1) is 0 Å². The van der Waals surface area contributed by atoms with Crippen molar-refractivity contribution in [2.24, 2.45) is 7.05 Å². The van der Waals surface area contributed by atoms with Gasteiger partial charge >= 0.3 is 0 Å². The number of amides is 1. The second kappa shape index (κ2) is 7.50. The van der Waals surface area contributed by atoms with Crippen LogP contribution in [-0.4, -0.2) is 48.3 Å². The van der Waals surface area contributed by atoms with Crippen LogP contribution in [0.25, 0.3) is 5.65 Å². The number of carbonyl (C=O) groups excluding carboxylic acids is 1. The van der Waals surface area contributed by atoms with Crippen LogP contribution in [0.2, 0.25) is 0 Å². The van der Waals surface area contributed by atoms with E-state index in [0.29, 0.717) is 24.3 Å². The lowest BCUT2D eigenvalue weighted by Crippen LogP contribution is -2.39. The van der Waals surface area contributed by atoms with Crippen LogP contribution in [0.15, 0.2) is 16.9 Å². The van der Waals surface area contributed by atoms with Crippen LogP contribution in [0.5, 0.6) is 0 Å². The van der Waals surface area contributed by atoms with E-state index in [2.05, 4.69) is 15.2 Å². The molecule has 1 atom stereocenters. The van der Waals surface area contributed by atoms with Gasteiger partial charge in [0.1, 0.15) is 0 Å². The number of nitrogens with one attached hydrogen (secondary N) is 1. The summed E-state index contributed by atoms with van der Waals surface area (Å²) in [7, 11) is 1.94. The number of hydrogen-bond donors (Lipinski definition) is 1. The van der Waals surface area contributed by atoms with Crippen LogP contribution in [-0.2, 0) is 18.3 Å². The molecule has 0 aromatic carbocycles. The van der Waals surface area contributed by atoms with Crippen molar-refractivity contribution >= 4 is 11.6 Å². The number of hydrogen-bond acceptors (Lipinski definition) is 4. The van der Waals surface area contributed by atoms with E-state index in [1.54, 1.807) is 0 Å². The van der Waals surface area contributed by atoms with E-state index in [4.69, 9.17) is 0 Å². The summed E-state index contributed by atoms with van der Waals surface area (Å²) in [6, 6.07) is 3.46. The Morgan fingerprint density at radius 1 is 1.28 bits per heavy atom. The zero-order chi connectivity index (χ0) is 20.7. The topological polar surface area (TPSA) is 88.3 Å². The molecular weight excluding hydrogens is 368 g/mol. The van der Waals surface area contributed by atoms with Crippen molar-refractivity contribution in [1.82, 2.24) is 29.3 Å². The number of nitrogens with zero attached hydrogens (tertiary/aromatic N) is 5. The molecule has 1 unspecified atom stereocenters. The molecule has 0 saturated carbocycles. The first-order chi connectivity index (χ1) is 13.8. The smallest absolute Gasteiger partial charge is 0.272 e. The normalized spacial score (nSPS) is 17.2. The fraction of sp³-hybridized carbons (Fsp3) is 0.524. The molecule has 1 N–H and O–H groups in total. The first-order valence-electron chi connectivity index (χ1n) is 10.2. The lowest BCUT2D eigenvalue weighted by atomic mass is 9.94. The highest BCUT2D eigenvalue weighted by Crippen LogP contribution is 2.27. The summed E-state index contributed by atoms with van der Waals surface area (Å²) in [6.07, 6.45) is 3.16. The van der Waals surface area contributed by atoms with Gasteiger partial charge in [-0.3, -0.25) is 19.4 Å². The second-order valence-corrected chi connectivity index (χ2v) is 8.09. The van der Waals surface area contributed by atoms with Gasteiger partial charge in [-0.2, -0.15) is 5.10 Å². The fourth-order valence-electron chi connectivity index (χ4n) is 4.36. The highest BCUT2D eigenvalue weighted by molar-refractivity contribution is 5.76. The van der Waals surface area contributed by atoms with Gasteiger partial charge in [0.05, 0.1) is 5.69 Å². The Hall–Kier alpha value is -2.90. The molecule has 1 saturated heterocycles. The summed E-state index contributed by atoms with van der Waals surface area (Å²) in [4.78, 5) is 31.4. The van der Waals surface area contributed by atoms with Crippen molar-refractivity contribution in [3.63, 3.8) is 0 Å². The summed E-state index contributed by atoms with van der Waals surface area (Å²) >= 11 is 0. The largest absolute Gasteiger partial charge is 0.342 e. The highest BCUT2D eigenvalue weighted by Gasteiger charge is 2.26. The number of likely N-dealkylation sites (tertiary alicyclic amines) is 1. The molecule has 1 amide bonds. The molecule has 1 fully saturated rings. The third-order valence-electron chi connectivity index (χ3n) is 6.06. The number of piperidine rings is 1. The Morgan fingerprint density at radius 2 is 2.07 bits per heavy atom. The molecule has 154 valence electrons. The minimum atomic E-state index is -0.107. The number of H-pyrrole nitrogens is 1. The predicted octanol–water partition coefficient (Wildman–Crippen LogP) is 2.02. The summed E-state index contributed by atoms with van der Waals surface area (Å²) < 4.78 is 3.36. The van der Waals surface area contributed by atoms with Crippen LogP contribution in [0, 0.1) is 20.8 Å². The number of aromatic nitrogens is 5. The van der Waals surface area contributed by atoms with Crippen LogP contribution < -0.4 is 5.56 Å². The van der Waals surface area contributed by atoms with Crippen molar-refractivity contribution in [3.05, 3.63) is 50.8 Å². The molecule has 29 heavy (non-hydrogen) atoms. The molecule has 4 rings (SSSR count). The van der Waals surface area contributed by atoms with E-state index >= 15 is 0 Å². The second-order valence-electron chi connectivity index (χ2n) is 8.09. The van der Waals surface area contributed by atoms with Crippen molar-refractivity contribution in [3.8, 4) is 0 Å². The maximum absolute atomic E-state index is 12.9. The summed E-state index contributed by atoms with van der Waals surface area (Å²) in [5, 5.41) is 7.63. The third kappa shape index (κ3) is 3.71. The number of aromatic amines is 1. The summed E-state index contributed by atoms with van der Waals surface area (Å²) in [6.45, 7) is 7.32. The van der Waals surface area contributed by atoms with E-state index in [-0.39, 0.29) is 17.4 Å². The van der Waals surface area contributed by atoms with Gasteiger partial charge in [-0.1, -0.05) is 0 Å². The molecule has 1 aliphatic heterocycles. The number of carbonyl (C=O) groups is 1. The Balaban J connectivity index is 1.46. The molecule has 1 aliphatic rings. The van der Waals surface area contributed by atoms with Gasteiger partial charge in [-0.05, 0) is 45.6 Å². The molecule has 0 aliphatic carbocycles. The molecule has 3 aromatic heterocycles. The number of fused-ring (bicyclic) bond motifs is 1. The van der Waals surface area contributed by atoms with E-state index < -0.39 is 0 Å². The van der Waals surface area contributed by atoms with Crippen LogP contribution in [0.3, 0.4) is 0 Å². The molecule has 0 spiro atoms. The average Bonchev–Trinajstić information content (AvgIpc) is 3.21. The molecule has 8 heteroatoms. The number of aryl methyl sites for hydroxylation is 3. The highest BCUT2D eigenvalue weighted by atomic mass is 16.2. The first kappa shape index (κ1) is 19.4. The molecular formula is C21H28N6O2. The Labute approximate surface area is 169 Å². The van der Waals surface area contributed by atoms with Crippen LogP contribution in [0.1, 0.15) is 53.5 Å². The van der Waals surface area contributed by atoms with E-state index in [1.807, 2.05) is 43.5 Å². The zero-order valence-corrected chi connectivity index (χ0v) is 17.5. The first-order valence-corrected chi connectivity index (χ1v) is 10.2. The molecule has 0 bridgehead atoms. The van der Waals surface area contributed by atoms with Crippen molar-refractivity contribution in [1.29, 1.82) is 0 Å². The van der Waals surface area contributed by atoms with Gasteiger partial charge in [-0.25, -0.2) is 9.50 Å². The van der Waals surface area contributed by atoms with Gasteiger partial charge < -0.3 is 4.90 Å². The number of rotatable bonds is 4. The minimum Gasteiger partial charge on any atom is -0.342 e. The molecule has 0 radical (unpaired) electrons. The fourth-order valence-corrected chi connectivity index (χ4v) is 4.36. The van der Waals surface area contributed by atoms with Crippen molar-refractivity contribution < 1.29 is 4.79 Å².